The number of hydrogen-bond donors (Lipinski definition) is 0. The molecule has 19 heavy (non-hydrogen) atoms. The van der Waals surface area contributed by atoms with Gasteiger partial charge in [-0.05, 0) is 30.2 Å². The minimum absolute atomic E-state index is 0.0425. The van der Waals surface area contributed by atoms with E-state index in [0.29, 0.717) is 22.6 Å². The van der Waals surface area contributed by atoms with Gasteiger partial charge in [0.1, 0.15) is 5.82 Å². The Hall–Kier alpha value is -1.67. The van der Waals surface area contributed by atoms with Crippen molar-refractivity contribution in [3.05, 3.63) is 70.5 Å². The fourth-order valence-electron chi connectivity index (χ4n) is 2.01. The Bertz CT molecular complexity index is 581. The lowest BCUT2D eigenvalue weighted by molar-refractivity contribution is 0.0929. The first-order chi connectivity index (χ1) is 9.08. The number of rotatable bonds is 4. The molecule has 2 aromatic carbocycles. The Morgan fingerprint density at radius 2 is 1.89 bits per heavy atom. The van der Waals surface area contributed by atoms with Crippen molar-refractivity contribution >= 4 is 17.4 Å². The maximum atomic E-state index is 13.2. The molecule has 0 saturated carbocycles. The van der Waals surface area contributed by atoms with Gasteiger partial charge in [-0.2, -0.15) is 0 Å². The summed E-state index contributed by atoms with van der Waals surface area (Å²) in [7, 11) is 0. The highest BCUT2D eigenvalue weighted by molar-refractivity contribution is 6.31. The third-order valence-corrected chi connectivity index (χ3v) is 3.41. The molecule has 0 radical (unpaired) electrons. The van der Waals surface area contributed by atoms with Crippen LogP contribution in [0.25, 0.3) is 0 Å². The molecule has 2 rings (SSSR count). The van der Waals surface area contributed by atoms with E-state index in [0.717, 1.165) is 0 Å². The average Bonchev–Trinajstić information content (AvgIpc) is 2.43. The van der Waals surface area contributed by atoms with Crippen LogP contribution in [0.15, 0.2) is 48.5 Å². The Labute approximate surface area is 117 Å². The number of carbonyl (C=O) groups is 1. The molecule has 0 N–H and O–H groups in total. The summed E-state index contributed by atoms with van der Waals surface area (Å²) in [6.07, 6.45) is 0.435. The topological polar surface area (TPSA) is 17.1 Å². The lowest BCUT2D eigenvalue weighted by atomic mass is 9.93. The van der Waals surface area contributed by atoms with E-state index >= 15 is 0 Å². The van der Waals surface area contributed by atoms with E-state index in [-0.39, 0.29) is 17.5 Å². The van der Waals surface area contributed by atoms with Crippen LogP contribution in [0.3, 0.4) is 0 Å². The van der Waals surface area contributed by atoms with E-state index in [1.807, 2.05) is 25.1 Å². The van der Waals surface area contributed by atoms with Crippen LogP contribution in [0.2, 0.25) is 5.02 Å². The minimum atomic E-state index is -0.334. The van der Waals surface area contributed by atoms with Gasteiger partial charge in [-0.15, -0.1) is 0 Å². The van der Waals surface area contributed by atoms with Gasteiger partial charge in [0.15, 0.2) is 5.78 Å². The van der Waals surface area contributed by atoms with Crippen LogP contribution in [-0.2, 0) is 6.42 Å². The summed E-state index contributed by atoms with van der Waals surface area (Å²) >= 11 is 6.01. The molecule has 0 heterocycles. The molecule has 3 heteroatoms. The molecule has 0 amide bonds. The maximum absolute atomic E-state index is 13.2. The Kier molecular flexibility index (Phi) is 4.33. The molecule has 0 saturated heterocycles. The largest absolute Gasteiger partial charge is 0.294 e. The smallest absolute Gasteiger partial charge is 0.165 e. The first-order valence-electron chi connectivity index (χ1n) is 6.11. The summed E-state index contributed by atoms with van der Waals surface area (Å²) in [5.41, 5.74) is 1.33. The number of benzene rings is 2. The molecule has 1 atom stereocenters. The number of hydrogen-bond acceptors (Lipinski definition) is 1. The van der Waals surface area contributed by atoms with E-state index in [9.17, 15) is 9.18 Å². The maximum Gasteiger partial charge on any atom is 0.165 e. The number of halogens is 2. The van der Waals surface area contributed by atoms with Crippen LogP contribution in [0.1, 0.15) is 22.8 Å². The van der Waals surface area contributed by atoms with Crippen LogP contribution in [0, 0.1) is 11.7 Å². The van der Waals surface area contributed by atoms with Gasteiger partial charge in [0.25, 0.3) is 0 Å². The van der Waals surface area contributed by atoms with Crippen molar-refractivity contribution in [3.63, 3.8) is 0 Å². The molecular formula is C16H14ClFO. The molecule has 0 fully saturated rings. The molecule has 0 aliphatic heterocycles. The summed E-state index contributed by atoms with van der Waals surface area (Å²) in [4.78, 5) is 12.2. The fourth-order valence-corrected chi connectivity index (χ4v) is 2.20. The normalized spacial score (nSPS) is 12.2. The van der Waals surface area contributed by atoms with Gasteiger partial charge in [0.2, 0.25) is 0 Å². The standard InChI is InChI=1S/C16H14ClFO/c1-11(16(19)12-5-3-2-4-6-12)9-13-10-14(18)7-8-15(13)17/h2-8,10-11H,9H2,1H3. The van der Waals surface area contributed by atoms with Gasteiger partial charge < -0.3 is 0 Å². The highest BCUT2D eigenvalue weighted by atomic mass is 35.5. The fraction of sp³-hybridized carbons (Fsp3) is 0.188. The monoisotopic (exact) mass is 276 g/mol. The first-order valence-corrected chi connectivity index (χ1v) is 6.49. The lowest BCUT2D eigenvalue weighted by Gasteiger charge is -2.12. The summed E-state index contributed by atoms with van der Waals surface area (Å²) in [6.45, 7) is 1.83. The number of ketones is 1. The predicted molar refractivity (Wildman–Crippen MR) is 75.1 cm³/mol. The van der Waals surface area contributed by atoms with E-state index in [2.05, 4.69) is 0 Å². The van der Waals surface area contributed by atoms with Crippen molar-refractivity contribution in [1.82, 2.24) is 0 Å². The summed E-state index contributed by atoms with van der Waals surface area (Å²) in [5.74, 6) is -0.526. The zero-order chi connectivity index (χ0) is 13.8. The molecule has 0 aromatic heterocycles. The molecule has 1 nitrogen and oxygen atoms in total. The van der Waals surface area contributed by atoms with Crippen molar-refractivity contribution in [2.45, 2.75) is 13.3 Å². The van der Waals surface area contributed by atoms with Gasteiger partial charge in [0, 0.05) is 16.5 Å². The molecule has 0 aliphatic carbocycles. The number of carbonyl (C=O) groups excluding carboxylic acids is 1. The molecule has 0 aliphatic rings. The first kappa shape index (κ1) is 13.8. The van der Waals surface area contributed by atoms with Gasteiger partial charge in [-0.25, -0.2) is 4.39 Å². The molecule has 0 bridgehead atoms. The van der Waals surface area contributed by atoms with Crippen molar-refractivity contribution < 1.29 is 9.18 Å². The van der Waals surface area contributed by atoms with E-state index < -0.39 is 0 Å². The molecule has 2 aromatic rings. The Balaban J connectivity index is 2.15. The second kappa shape index (κ2) is 5.98. The van der Waals surface area contributed by atoms with E-state index in [1.54, 1.807) is 12.1 Å². The SMILES string of the molecule is CC(Cc1cc(F)ccc1Cl)C(=O)c1ccccc1. The highest BCUT2D eigenvalue weighted by Crippen LogP contribution is 2.22. The number of Topliss-reactive ketones (excluding diaryl/α,β-unsaturated/α-hetero) is 1. The minimum Gasteiger partial charge on any atom is -0.294 e. The molecule has 98 valence electrons. The van der Waals surface area contributed by atoms with Crippen molar-refractivity contribution in [2.24, 2.45) is 5.92 Å². The third kappa shape index (κ3) is 3.42. The lowest BCUT2D eigenvalue weighted by Crippen LogP contribution is -2.14. The van der Waals surface area contributed by atoms with Crippen LogP contribution >= 0.6 is 11.6 Å². The average molecular weight is 277 g/mol. The van der Waals surface area contributed by atoms with Crippen molar-refractivity contribution in [3.8, 4) is 0 Å². The van der Waals surface area contributed by atoms with Crippen LogP contribution in [0.5, 0.6) is 0 Å². The quantitative estimate of drug-likeness (QED) is 0.749. The van der Waals surface area contributed by atoms with Gasteiger partial charge in [-0.1, -0.05) is 48.9 Å². The van der Waals surface area contributed by atoms with Crippen LogP contribution in [-0.4, -0.2) is 5.78 Å². The van der Waals surface area contributed by atoms with Crippen LogP contribution in [0.4, 0.5) is 4.39 Å². The van der Waals surface area contributed by atoms with Gasteiger partial charge in [-0.3, -0.25) is 4.79 Å². The van der Waals surface area contributed by atoms with E-state index in [4.69, 9.17) is 11.6 Å². The van der Waals surface area contributed by atoms with Crippen molar-refractivity contribution in [1.29, 1.82) is 0 Å². The Morgan fingerprint density at radius 1 is 1.21 bits per heavy atom. The second-order valence-corrected chi connectivity index (χ2v) is 4.98. The predicted octanol–water partition coefficient (Wildman–Crippen LogP) is 4.54. The zero-order valence-corrected chi connectivity index (χ0v) is 11.3. The summed E-state index contributed by atoms with van der Waals surface area (Å²) in [6, 6.07) is 13.3. The van der Waals surface area contributed by atoms with Crippen molar-refractivity contribution in [2.75, 3.05) is 0 Å². The van der Waals surface area contributed by atoms with Gasteiger partial charge in [0.05, 0.1) is 0 Å². The third-order valence-electron chi connectivity index (χ3n) is 3.04. The summed E-state index contributed by atoms with van der Waals surface area (Å²) in [5, 5.41) is 0.495. The zero-order valence-electron chi connectivity index (χ0n) is 10.6. The van der Waals surface area contributed by atoms with Gasteiger partial charge >= 0.3 is 0 Å². The second-order valence-electron chi connectivity index (χ2n) is 4.57. The molecule has 0 spiro atoms. The van der Waals surface area contributed by atoms with E-state index in [1.165, 1.54) is 18.2 Å². The Morgan fingerprint density at radius 3 is 2.58 bits per heavy atom. The molecule has 1 unspecified atom stereocenters. The van der Waals surface area contributed by atoms with Crippen LogP contribution < -0.4 is 0 Å². The highest BCUT2D eigenvalue weighted by Gasteiger charge is 2.17. The summed E-state index contributed by atoms with van der Waals surface area (Å²) < 4.78 is 13.2. The molecular weight excluding hydrogens is 263 g/mol.